The number of rotatable bonds is 2. The fourth-order valence-electron chi connectivity index (χ4n) is 3.47. The molecular formula is C15H19F3N2O3. The van der Waals surface area contributed by atoms with E-state index in [9.17, 15) is 18.3 Å². The Balaban J connectivity index is 2.02. The minimum atomic E-state index is -4.52. The summed E-state index contributed by atoms with van der Waals surface area (Å²) >= 11 is 0. The molecule has 1 N–H and O–H groups in total. The van der Waals surface area contributed by atoms with Crippen molar-refractivity contribution in [3.05, 3.63) is 23.4 Å². The molecule has 2 bridgehead atoms. The number of pyridine rings is 1. The summed E-state index contributed by atoms with van der Waals surface area (Å²) in [6.07, 6.45) is -3.24. The second-order valence-electron chi connectivity index (χ2n) is 6.23. The fourth-order valence-corrected chi connectivity index (χ4v) is 3.47. The first-order valence-corrected chi connectivity index (χ1v) is 7.38. The van der Waals surface area contributed by atoms with Gasteiger partial charge in [0, 0.05) is 23.8 Å². The van der Waals surface area contributed by atoms with E-state index in [-0.39, 0.29) is 36.4 Å². The van der Waals surface area contributed by atoms with Crippen molar-refractivity contribution in [3.63, 3.8) is 0 Å². The molecule has 0 saturated carbocycles. The Morgan fingerprint density at radius 1 is 1.35 bits per heavy atom. The molecule has 3 rings (SSSR count). The van der Waals surface area contributed by atoms with Crippen LogP contribution in [-0.4, -0.2) is 54.4 Å². The van der Waals surface area contributed by atoms with Gasteiger partial charge < -0.3 is 14.6 Å². The second kappa shape index (κ2) is 5.61. The molecule has 3 heterocycles. The molecule has 23 heavy (non-hydrogen) atoms. The number of alkyl halides is 3. The van der Waals surface area contributed by atoms with E-state index >= 15 is 0 Å². The summed E-state index contributed by atoms with van der Waals surface area (Å²) in [7, 11) is 3.28. The van der Waals surface area contributed by atoms with Gasteiger partial charge in [-0.2, -0.15) is 13.2 Å². The van der Waals surface area contributed by atoms with Crippen LogP contribution < -0.4 is 4.74 Å². The highest BCUT2D eigenvalue weighted by atomic mass is 19.4. The molecule has 0 aliphatic carbocycles. The number of halogens is 3. The van der Waals surface area contributed by atoms with Gasteiger partial charge in [-0.15, -0.1) is 0 Å². The first-order chi connectivity index (χ1) is 10.7. The summed E-state index contributed by atoms with van der Waals surface area (Å²) in [5, 5.41) is 11.1. The first kappa shape index (κ1) is 16.5. The van der Waals surface area contributed by atoms with Crippen molar-refractivity contribution in [2.75, 3.05) is 27.4 Å². The van der Waals surface area contributed by atoms with E-state index in [4.69, 9.17) is 9.47 Å². The average Bonchev–Trinajstić information content (AvgIpc) is 2.47. The highest BCUT2D eigenvalue weighted by Gasteiger charge is 2.47. The minimum absolute atomic E-state index is 0.0315. The number of morpholine rings is 1. The number of hydrogen-bond acceptors (Lipinski definition) is 5. The molecule has 0 amide bonds. The lowest BCUT2D eigenvalue weighted by Gasteiger charge is -2.50. The van der Waals surface area contributed by atoms with E-state index in [0.29, 0.717) is 13.2 Å². The van der Waals surface area contributed by atoms with Gasteiger partial charge >= 0.3 is 6.18 Å². The lowest BCUT2D eigenvalue weighted by atomic mass is 9.77. The van der Waals surface area contributed by atoms with Gasteiger partial charge in [0.25, 0.3) is 0 Å². The standard InChI is InChI=1S/C15H19F3N2O3/c1-20-10-4-14(21,5-11(20)8-23-7-10)12-3-9(15(16,17)18)6-19-13(12)22-2/h3,6,10-11,21H,4-5,7-8H2,1-2H3. The van der Waals surface area contributed by atoms with Gasteiger partial charge in [0.15, 0.2) is 0 Å². The quantitative estimate of drug-likeness (QED) is 0.895. The van der Waals surface area contributed by atoms with Crippen LogP contribution in [0.2, 0.25) is 0 Å². The Hall–Kier alpha value is -1.38. The fraction of sp³-hybridized carbons (Fsp3) is 0.667. The highest BCUT2D eigenvalue weighted by molar-refractivity contribution is 5.37. The maximum absolute atomic E-state index is 13.0. The summed E-state index contributed by atoms with van der Waals surface area (Å²) in [5.41, 5.74) is -2.20. The third-order valence-electron chi connectivity index (χ3n) is 4.79. The molecule has 8 heteroatoms. The third-order valence-corrected chi connectivity index (χ3v) is 4.79. The molecule has 2 unspecified atom stereocenters. The van der Waals surface area contributed by atoms with Gasteiger partial charge in [-0.1, -0.05) is 0 Å². The van der Waals surface area contributed by atoms with Gasteiger partial charge in [0.05, 0.1) is 31.5 Å². The normalized spacial score (nSPS) is 31.9. The predicted octanol–water partition coefficient (Wildman–Crippen LogP) is 1.79. The van der Waals surface area contributed by atoms with Crippen LogP contribution in [0.1, 0.15) is 24.0 Å². The van der Waals surface area contributed by atoms with Gasteiger partial charge in [-0.05, 0) is 26.0 Å². The van der Waals surface area contributed by atoms with Gasteiger partial charge in [-0.3, -0.25) is 4.90 Å². The van der Waals surface area contributed by atoms with Crippen molar-refractivity contribution in [2.45, 2.75) is 36.7 Å². The molecule has 1 aromatic rings. The van der Waals surface area contributed by atoms with Crippen LogP contribution in [0.15, 0.2) is 12.3 Å². The van der Waals surface area contributed by atoms with Crippen LogP contribution >= 0.6 is 0 Å². The van der Waals surface area contributed by atoms with Gasteiger partial charge in [0.2, 0.25) is 5.88 Å². The smallest absolute Gasteiger partial charge is 0.417 e. The zero-order chi connectivity index (χ0) is 16.8. The molecule has 5 nitrogen and oxygen atoms in total. The average molecular weight is 332 g/mol. The maximum atomic E-state index is 13.0. The summed E-state index contributed by atoms with van der Waals surface area (Å²) in [6.45, 7) is 0.897. The lowest BCUT2D eigenvalue weighted by Crippen LogP contribution is -2.59. The lowest BCUT2D eigenvalue weighted by molar-refractivity contribution is -0.142. The summed E-state index contributed by atoms with van der Waals surface area (Å²) < 4.78 is 49.6. The van der Waals surface area contributed by atoms with Gasteiger partial charge in [0.1, 0.15) is 0 Å². The minimum Gasteiger partial charge on any atom is -0.481 e. The number of fused-ring (bicyclic) bond motifs is 2. The number of piperidine rings is 1. The molecule has 0 spiro atoms. The molecule has 0 radical (unpaired) electrons. The molecule has 128 valence electrons. The number of ether oxygens (including phenoxy) is 2. The van der Waals surface area contributed by atoms with Crippen molar-refractivity contribution in [2.24, 2.45) is 0 Å². The molecular weight excluding hydrogens is 313 g/mol. The topological polar surface area (TPSA) is 54.8 Å². The molecule has 1 aromatic heterocycles. The second-order valence-corrected chi connectivity index (χ2v) is 6.23. The van der Waals surface area contributed by atoms with Crippen LogP contribution in [0, 0.1) is 0 Å². The van der Waals surface area contributed by atoms with Crippen LogP contribution in [0.5, 0.6) is 5.88 Å². The third kappa shape index (κ3) is 2.90. The van der Waals surface area contributed by atoms with E-state index in [2.05, 4.69) is 9.88 Å². The highest BCUT2D eigenvalue weighted by Crippen LogP contribution is 2.44. The van der Waals surface area contributed by atoms with Crippen LogP contribution in [0.3, 0.4) is 0 Å². The Morgan fingerprint density at radius 2 is 1.96 bits per heavy atom. The maximum Gasteiger partial charge on any atom is 0.417 e. The Labute approximate surface area is 132 Å². The Bertz CT molecular complexity index is 580. The van der Waals surface area contributed by atoms with Crippen molar-refractivity contribution in [3.8, 4) is 5.88 Å². The number of aromatic nitrogens is 1. The van der Waals surface area contributed by atoms with Crippen molar-refractivity contribution in [1.82, 2.24) is 9.88 Å². The number of nitrogens with zero attached hydrogens (tertiary/aromatic N) is 2. The number of likely N-dealkylation sites (N-methyl/N-ethyl adjacent to an activating group) is 1. The van der Waals surface area contributed by atoms with E-state index < -0.39 is 17.3 Å². The number of methoxy groups -OCH3 is 1. The van der Waals surface area contributed by atoms with Crippen LogP contribution in [-0.2, 0) is 16.5 Å². The number of hydrogen-bond donors (Lipinski definition) is 1. The Kier molecular flexibility index (Phi) is 4.02. The van der Waals surface area contributed by atoms with E-state index in [1.807, 2.05) is 7.05 Å². The van der Waals surface area contributed by atoms with Gasteiger partial charge in [-0.25, -0.2) is 4.98 Å². The van der Waals surface area contributed by atoms with Crippen molar-refractivity contribution in [1.29, 1.82) is 0 Å². The largest absolute Gasteiger partial charge is 0.481 e. The molecule has 2 fully saturated rings. The molecule has 2 saturated heterocycles. The Morgan fingerprint density at radius 3 is 2.48 bits per heavy atom. The molecule has 2 atom stereocenters. The molecule has 2 aliphatic heterocycles. The predicted molar refractivity (Wildman–Crippen MR) is 75.1 cm³/mol. The zero-order valence-corrected chi connectivity index (χ0v) is 12.9. The van der Waals surface area contributed by atoms with Crippen molar-refractivity contribution >= 4 is 0 Å². The van der Waals surface area contributed by atoms with E-state index in [1.165, 1.54) is 7.11 Å². The van der Waals surface area contributed by atoms with Crippen LogP contribution in [0.25, 0.3) is 0 Å². The van der Waals surface area contributed by atoms with Crippen molar-refractivity contribution < 1.29 is 27.8 Å². The van der Waals surface area contributed by atoms with E-state index in [1.54, 1.807) is 0 Å². The molecule has 2 aliphatic rings. The summed E-state index contributed by atoms with van der Waals surface area (Å²) in [4.78, 5) is 5.87. The monoisotopic (exact) mass is 332 g/mol. The van der Waals surface area contributed by atoms with E-state index in [0.717, 1.165) is 12.3 Å². The SMILES string of the molecule is COc1ncc(C(F)(F)F)cc1C1(O)CC2COCC(C1)N2C. The summed E-state index contributed by atoms with van der Waals surface area (Å²) in [6, 6.07) is 0.854. The number of aliphatic hydroxyl groups is 1. The molecule has 0 aromatic carbocycles. The first-order valence-electron chi connectivity index (χ1n) is 7.38. The summed E-state index contributed by atoms with van der Waals surface area (Å²) in [5.74, 6) is 0.0315. The zero-order valence-electron chi connectivity index (χ0n) is 12.9. The van der Waals surface area contributed by atoms with Crippen LogP contribution in [0.4, 0.5) is 13.2 Å².